The van der Waals surface area contributed by atoms with Crippen molar-refractivity contribution in [2.45, 2.75) is 64.3 Å². The predicted octanol–water partition coefficient (Wildman–Crippen LogP) is 3.50. The van der Waals surface area contributed by atoms with Gasteiger partial charge in [-0.3, -0.25) is 0 Å². The normalized spacial score (nSPS) is 27.6. The van der Waals surface area contributed by atoms with Crippen LogP contribution in [-0.2, 0) is 11.0 Å². The summed E-state index contributed by atoms with van der Waals surface area (Å²) in [6, 6.07) is 0. The lowest BCUT2D eigenvalue weighted by molar-refractivity contribution is 0.0699. The Balaban J connectivity index is 2.45. The molecule has 1 fully saturated rings. The minimum Gasteiger partial charge on any atom is -0.477 e. The van der Waals surface area contributed by atoms with E-state index in [1.54, 1.807) is 0 Å². The molecule has 0 radical (unpaired) electrons. The van der Waals surface area contributed by atoms with Crippen molar-refractivity contribution in [2.24, 2.45) is 11.7 Å². The van der Waals surface area contributed by atoms with Gasteiger partial charge >= 0.3 is 5.97 Å². The minimum absolute atomic E-state index is 0.279. The van der Waals surface area contributed by atoms with E-state index in [-0.39, 0.29) is 5.41 Å². The van der Waals surface area contributed by atoms with Gasteiger partial charge in [0.15, 0.2) is 0 Å². The molecular weight excluding hydrogens is 272 g/mol. The third-order valence-corrected chi connectivity index (χ3v) is 5.25. The maximum absolute atomic E-state index is 11.5. The van der Waals surface area contributed by atoms with Crippen LogP contribution < -0.4 is 5.73 Å². The third kappa shape index (κ3) is 2.88. The topological polar surface area (TPSA) is 76.2 Å². The van der Waals surface area contributed by atoms with Gasteiger partial charge in [0.25, 0.3) is 0 Å². The molecule has 1 saturated carbocycles. The van der Waals surface area contributed by atoms with Gasteiger partial charge in [0.2, 0.25) is 0 Å². The monoisotopic (exact) mass is 296 g/mol. The summed E-state index contributed by atoms with van der Waals surface area (Å²) >= 11 is 1.27. The number of rotatable bonds is 2. The van der Waals surface area contributed by atoms with Gasteiger partial charge in [0, 0.05) is 5.41 Å². The minimum atomic E-state index is -0.897. The first kappa shape index (κ1) is 15.4. The summed E-state index contributed by atoms with van der Waals surface area (Å²) in [6.07, 6.45) is 4.07. The van der Waals surface area contributed by atoms with Gasteiger partial charge in [-0.05, 0) is 18.8 Å². The van der Waals surface area contributed by atoms with Gasteiger partial charge in [-0.1, -0.05) is 40.5 Å². The van der Waals surface area contributed by atoms with Crippen LogP contribution >= 0.6 is 11.3 Å². The summed E-state index contributed by atoms with van der Waals surface area (Å²) < 4.78 is 0. The number of hydrogen-bond acceptors (Lipinski definition) is 4. The highest BCUT2D eigenvalue weighted by molar-refractivity contribution is 7.13. The smallest absolute Gasteiger partial charge is 0.347 e. The molecule has 20 heavy (non-hydrogen) atoms. The third-order valence-electron chi connectivity index (χ3n) is 3.99. The Morgan fingerprint density at radius 2 is 2.15 bits per heavy atom. The number of aromatic carboxylic acids is 1. The second-order valence-corrected chi connectivity index (χ2v) is 8.11. The van der Waals surface area contributed by atoms with Crippen LogP contribution in [0.3, 0.4) is 0 Å². The second-order valence-electron chi connectivity index (χ2n) is 7.11. The number of carbonyl (C=O) groups is 1. The number of hydrogen-bond donors (Lipinski definition) is 2. The van der Waals surface area contributed by atoms with Crippen molar-refractivity contribution in [3.8, 4) is 0 Å². The van der Waals surface area contributed by atoms with Crippen LogP contribution in [0.2, 0.25) is 0 Å². The van der Waals surface area contributed by atoms with Crippen molar-refractivity contribution >= 4 is 17.3 Å². The van der Waals surface area contributed by atoms with E-state index in [1.165, 1.54) is 17.8 Å². The Kier molecular flexibility index (Phi) is 3.95. The molecule has 0 aliphatic heterocycles. The van der Waals surface area contributed by atoms with E-state index in [2.05, 4.69) is 11.9 Å². The Morgan fingerprint density at radius 1 is 1.50 bits per heavy atom. The van der Waals surface area contributed by atoms with Gasteiger partial charge in [-0.25, -0.2) is 9.78 Å². The molecule has 0 saturated heterocycles. The highest BCUT2D eigenvalue weighted by Gasteiger charge is 2.38. The lowest BCUT2D eigenvalue weighted by Crippen LogP contribution is -2.41. The number of carboxylic acids is 1. The highest BCUT2D eigenvalue weighted by Crippen LogP contribution is 2.41. The molecule has 3 N–H and O–H groups in total. The van der Waals surface area contributed by atoms with Crippen LogP contribution in [0.4, 0.5) is 0 Å². The Bertz CT molecular complexity index is 518. The first-order valence-corrected chi connectivity index (χ1v) is 7.99. The number of carboxylic acid groups (broad SMARTS) is 1. The maximum atomic E-state index is 11.5. The zero-order valence-electron chi connectivity index (χ0n) is 12.7. The molecular formula is C15H24N2O2S. The summed E-state index contributed by atoms with van der Waals surface area (Å²) in [5.74, 6) is -0.324. The van der Waals surface area contributed by atoms with Crippen molar-refractivity contribution in [1.29, 1.82) is 0 Å². The molecule has 112 valence electrons. The molecule has 2 rings (SSSR count). The first-order chi connectivity index (χ1) is 9.13. The van der Waals surface area contributed by atoms with Crippen molar-refractivity contribution in [3.05, 3.63) is 15.6 Å². The van der Waals surface area contributed by atoms with Gasteiger partial charge in [0.1, 0.15) is 9.88 Å². The van der Waals surface area contributed by atoms with E-state index in [0.717, 1.165) is 24.3 Å². The lowest BCUT2D eigenvalue weighted by atomic mass is 9.77. The molecule has 1 aliphatic rings. The average molecular weight is 296 g/mol. The van der Waals surface area contributed by atoms with E-state index >= 15 is 0 Å². The Hall–Kier alpha value is -0.940. The highest BCUT2D eigenvalue weighted by atomic mass is 32.1. The SMILES string of the molecule is CC1CCCC(N)(c2nc(C(C)(C)C)c(C(=O)O)s2)C1. The van der Waals surface area contributed by atoms with E-state index < -0.39 is 11.5 Å². The summed E-state index contributed by atoms with van der Waals surface area (Å²) in [7, 11) is 0. The van der Waals surface area contributed by atoms with Crippen molar-refractivity contribution in [3.63, 3.8) is 0 Å². The zero-order chi connectivity index (χ0) is 15.1. The van der Waals surface area contributed by atoms with Crippen LogP contribution in [-0.4, -0.2) is 16.1 Å². The van der Waals surface area contributed by atoms with Crippen molar-refractivity contribution in [2.75, 3.05) is 0 Å². The average Bonchev–Trinajstić information content (AvgIpc) is 2.73. The largest absolute Gasteiger partial charge is 0.477 e. The molecule has 4 nitrogen and oxygen atoms in total. The molecule has 5 heteroatoms. The van der Waals surface area contributed by atoms with Crippen molar-refractivity contribution < 1.29 is 9.90 Å². The van der Waals surface area contributed by atoms with E-state index in [4.69, 9.17) is 5.73 Å². The van der Waals surface area contributed by atoms with Gasteiger partial charge in [0.05, 0.1) is 11.2 Å². The maximum Gasteiger partial charge on any atom is 0.347 e. The Morgan fingerprint density at radius 3 is 2.60 bits per heavy atom. The summed E-state index contributed by atoms with van der Waals surface area (Å²) in [5, 5.41) is 10.2. The van der Waals surface area contributed by atoms with Crippen LogP contribution in [0.1, 0.15) is 73.8 Å². The quantitative estimate of drug-likeness (QED) is 0.875. The molecule has 2 atom stereocenters. The van der Waals surface area contributed by atoms with Crippen LogP contribution in [0.5, 0.6) is 0 Å². The van der Waals surface area contributed by atoms with E-state index in [9.17, 15) is 9.90 Å². The van der Waals surface area contributed by atoms with Crippen LogP contribution in [0, 0.1) is 5.92 Å². The number of nitrogens with zero attached hydrogens (tertiary/aromatic N) is 1. The summed E-state index contributed by atoms with van der Waals surface area (Å²) in [6.45, 7) is 8.18. The summed E-state index contributed by atoms with van der Waals surface area (Å²) in [5.41, 5.74) is 6.48. The summed E-state index contributed by atoms with van der Waals surface area (Å²) in [4.78, 5) is 16.5. The molecule has 1 aromatic heterocycles. The molecule has 0 bridgehead atoms. The van der Waals surface area contributed by atoms with Gasteiger partial charge < -0.3 is 10.8 Å². The molecule has 0 spiro atoms. The first-order valence-electron chi connectivity index (χ1n) is 7.17. The van der Waals surface area contributed by atoms with Crippen LogP contribution in [0.15, 0.2) is 0 Å². The van der Waals surface area contributed by atoms with Gasteiger partial charge in [-0.2, -0.15) is 0 Å². The Labute approximate surface area is 124 Å². The molecule has 1 heterocycles. The number of aromatic nitrogens is 1. The standard InChI is InChI=1S/C15H24N2O2S/c1-9-6-5-7-15(16,8-9)13-17-11(14(2,3)4)10(20-13)12(18)19/h9H,5-8,16H2,1-4H3,(H,18,19). The van der Waals surface area contributed by atoms with Gasteiger partial charge in [-0.15, -0.1) is 11.3 Å². The molecule has 0 aromatic carbocycles. The molecule has 1 aliphatic carbocycles. The zero-order valence-corrected chi connectivity index (χ0v) is 13.5. The van der Waals surface area contributed by atoms with E-state index in [0.29, 0.717) is 16.5 Å². The number of nitrogens with two attached hydrogens (primary N) is 1. The number of thiazole rings is 1. The molecule has 1 aromatic rings. The van der Waals surface area contributed by atoms with Crippen LogP contribution in [0.25, 0.3) is 0 Å². The van der Waals surface area contributed by atoms with Crippen molar-refractivity contribution in [1.82, 2.24) is 4.98 Å². The molecule has 0 amide bonds. The fraction of sp³-hybridized carbons (Fsp3) is 0.733. The van der Waals surface area contributed by atoms with E-state index in [1.807, 2.05) is 20.8 Å². The fourth-order valence-corrected chi connectivity index (χ4v) is 4.23. The fourth-order valence-electron chi connectivity index (χ4n) is 2.97. The second kappa shape index (κ2) is 5.11. The lowest BCUT2D eigenvalue weighted by Gasteiger charge is -2.35. The predicted molar refractivity (Wildman–Crippen MR) is 81.3 cm³/mol. The molecule has 2 unspecified atom stereocenters.